The van der Waals surface area contributed by atoms with Gasteiger partial charge in [0.1, 0.15) is 12.7 Å². The molecule has 2 atom stereocenters. The van der Waals surface area contributed by atoms with Crippen molar-refractivity contribution in [1.82, 2.24) is 20.1 Å². The van der Waals surface area contributed by atoms with E-state index in [2.05, 4.69) is 29.2 Å². The van der Waals surface area contributed by atoms with Crippen LogP contribution in [0, 0.1) is 5.41 Å². The molecule has 78 valence electrons. The Bertz CT molecular complexity index is 291. The van der Waals surface area contributed by atoms with E-state index in [4.69, 9.17) is 0 Å². The second kappa shape index (κ2) is 3.35. The fourth-order valence-electron chi connectivity index (χ4n) is 2.62. The van der Waals surface area contributed by atoms with Crippen LogP contribution in [0.4, 0.5) is 0 Å². The van der Waals surface area contributed by atoms with E-state index < -0.39 is 0 Å². The van der Waals surface area contributed by atoms with E-state index in [0.29, 0.717) is 17.5 Å². The number of hydrogen-bond acceptors (Lipinski definition) is 3. The van der Waals surface area contributed by atoms with Gasteiger partial charge in [0.05, 0.1) is 6.04 Å². The summed E-state index contributed by atoms with van der Waals surface area (Å²) in [6.07, 6.45) is 5.85. The van der Waals surface area contributed by atoms with Crippen molar-refractivity contribution in [3.8, 4) is 0 Å². The average Bonchev–Trinajstić information content (AvgIpc) is 2.70. The highest BCUT2D eigenvalue weighted by atomic mass is 15.3. The Morgan fingerprint density at radius 2 is 2.29 bits per heavy atom. The van der Waals surface area contributed by atoms with Gasteiger partial charge in [-0.2, -0.15) is 5.10 Å². The van der Waals surface area contributed by atoms with Gasteiger partial charge in [-0.1, -0.05) is 13.8 Å². The Morgan fingerprint density at radius 1 is 1.50 bits per heavy atom. The normalized spacial score (nSPS) is 30.8. The highest BCUT2D eigenvalue weighted by molar-refractivity contribution is 4.97. The van der Waals surface area contributed by atoms with E-state index in [-0.39, 0.29) is 0 Å². The zero-order valence-electron chi connectivity index (χ0n) is 9.07. The minimum absolute atomic E-state index is 0.353. The molecule has 0 saturated heterocycles. The van der Waals surface area contributed by atoms with Crippen LogP contribution >= 0.6 is 0 Å². The number of likely N-dealkylation sites (N-methyl/N-ethyl adjacent to an activating group) is 1. The molecule has 1 saturated carbocycles. The summed E-state index contributed by atoms with van der Waals surface area (Å²) >= 11 is 0. The number of rotatable bonds is 2. The lowest BCUT2D eigenvalue weighted by molar-refractivity contribution is 0.253. The van der Waals surface area contributed by atoms with Crippen LogP contribution in [0.1, 0.15) is 32.7 Å². The first-order valence-corrected chi connectivity index (χ1v) is 5.16. The van der Waals surface area contributed by atoms with Gasteiger partial charge in [-0.3, -0.25) is 0 Å². The lowest BCUT2D eigenvalue weighted by Gasteiger charge is -2.30. The first-order valence-electron chi connectivity index (χ1n) is 5.16. The van der Waals surface area contributed by atoms with Gasteiger partial charge in [0.2, 0.25) is 0 Å². The molecule has 4 nitrogen and oxygen atoms in total. The van der Waals surface area contributed by atoms with Crippen LogP contribution in [0.15, 0.2) is 12.7 Å². The van der Waals surface area contributed by atoms with E-state index in [0.717, 1.165) is 0 Å². The molecular weight excluding hydrogens is 176 g/mol. The molecule has 0 amide bonds. The van der Waals surface area contributed by atoms with Crippen molar-refractivity contribution in [3.63, 3.8) is 0 Å². The van der Waals surface area contributed by atoms with Crippen LogP contribution in [0.5, 0.6) is 0 Å². The summed E-state index contributed by atoms with van der Waals surface area (Å²) in [5, 5.41) is 7.63. The summed E-state index contributed by atoms with van der Waals surface area (Å²) in [4.78, 5) is 4.01. The largest absolute Gasteiger partial charge is 0.314 e. The SMILES string of the molecule is CNC1C(n2cncn2)CCC1(C)C. The third-order valence-electron chi connectivity index (χ3n) is 3.40. The van der Waals surface area contributed by atoms with Crippen LogP contribution in [0.3, 0.4) is 0 Å². The van der Waals surface area contributed by atoms with Gasteiger partial charge in [0.25, 0.3) is 0 Å². The maximum absolute atomic E-state index is 4.23. The summed E-state index contributed by atoms with van der Waals surface area (Å²) < 4.78 is 1.98. The maximum Gasteiger partial charge on any atom is 0.137 e. The Balaban J connectivity index is 2.22. The summed E-state index contributed by atoms with van der Waals surface area (Å²) in [5.41, 5.74) is 0.353. The summed E-state index contributed by atoms with van der Waals surface area (Å²) in [6.45, 7) is 4.62. The summed E-state index contributed by atoms with van der Waals surface area (Å²) in [5.74, 6) is 0. The van der Waals surface area contributed by atoms with Crippen molar-refractivity contribution in [2.75, 3.05) is 7.05 Å². The minimum Gasteiger partial charge on any atom is -0.314 e. The van der Waals surface area contributed by atoms with Gasteiger partial charge in [-0.05, 0) is 25.3 Å². The lowest BCUT2D eigenvalue weighted by Crippen LogP contribution is -2.40. The Labute approximate surface area is 84.7 Å². The van der Waals surface area contributed by atoms with Gasteiger partial charge in [0, 0.05) is 6.04 Å². The number of hydrogen-bond donors (Lipinski definition) is 1. The quantitative estimate of drug-likeness (QED) is 0.770. The van der Waals surface area contributed by atoms with Crippen LogP contribution in [0.2, 0.25) is 0 Å². The van der Waals surface area contributed by atoms with Gasteiger partial charge in [-0.25, -0.2) is 9.67 Å². The van der Waals surface area contributed by atoms with E-state index in [1.54, 1.807) is 6.33 Å². The molecule has 0 radical (unpaired) electrons. The maximum atomic E-state index is 4.23. The monoisotopic (exact) mass is 194 g/mol. The molecular formula is C10H18N4. The molecule has 4 heteroatoms. The van der Waals surface area contributed by atoms with Gasteiger partial charge in [-0.15, -0.1) is 0 Å². The first-order chi connectivity index (χ1) is 6.65. The van der Waals surface area contributed by atoms with E-state index in [1.807, 2.05) is 18.1 Å². The highest BCUT2D eigenvalue weighted by Crippen LogP contribution is 2.43. The molecule has 0 aromatic carbocycles. The fraction of sp³-hybridized carbons (Fsp3) is 0.800. The third-order valence-corrected chi connectivity index (χ3v) is 3.40. The molecule has 14 heavy (non-hydrogen) atoms. The molecule has 1 aliphatic carbocycles. The first kappa shape index (κ1) is 9.65. The van der Waals surface area contributed by atoms with Crippen molar-refractivity contribution < 1.29 is 0 Å². The molecule has 2 unspecified atom stereocenters. The molecule has 2 rings (SSSR count). The number of nitrogens with zero attached hydrogens (tertiary/aromatic N) is 3. The third kappa shape index (κ3) is 1.43. The van der Waals surface area contributed by atoms with Crippen molar-refractivity contribution in [2.45, 2.75) is 38.8 Å². The summed E-state index contributed by atoms with van der Waals surface area (Å²) in [7, 11) is 2.03. The van der Waals surface area contributed by atoms with E-state index in [9.17, 15) is 0 Å². The molecule has 1 aromatic heterocycles. The standard InChI is InChI=1S/C10H18N4/c1-10(2)5-4-8(9(10)11-3)14-7-12-6-13-14/h6-9,11H,4-5H2,1-3H3. The number of aromatic nitrogens is 3. The second-order valence-corrected chi connectivity index (χ2v) is 4.74. The molecule has 1 fully saturated rings. The highest BCUT2D eigenvalue weighted by Gasteiger charge is 2.42. The second-order valence-electron chi connectivity index (χ2n) is 4.74. The average molecular weight is 194 g/mol. The van der Waals surface area contributed by atoms with E-state index in [1.165, 1.54) is 12.8 Å². The minimum atomic E-state index is 0.353. The van der Waals surface area contributed by atoms with E-state index >= 15 is 0 Å². The van der Waals surface area contributed by atoms with Crippen molar-refractivity contribution in [3.05, 3.63) is 12.7 Å². The lowest BCUT2D eigenvalue weighted by atomic mass is 9.87. The molecule has 1 heterocycles. The summed E-state index contributed by atoms with van der Waals surface area (Å²) in [6, 6.07) is 0.946. The van der Waals surface area contributed by atoms with Gasteiger partial charge >= 0.3 is 0 Å². The molecule has 0 aliphatic heterocycles. The predicted molar refractivity (Wildman–Crippen MR) is 54.9 cm³/mol. The van der Waals surface area contributed by atoms with Crippen molar-refractivity contribution in [2.24, 2.45) is 5.41 Å². The zero-order valence-corrected chi connectivity index (χ0v) is 9.07. The smallest absolute Gasteiger partial charge is 0.137 e. The Hall–Kier alpha value is -0.900. The van der Waals surface area contributed by atoms with Crippen LogP contribution in [-0.2, 0) is 0 Å². The van der Waals surface area contributed by atoms with Crippen LogP contribution in [0.25, 0.3) is 0 Å². The van der Waals surface area contributed by atoms with Crippen LogP contribution in [-0.4, -0.2) is 27.9 Å². The number of nitrogens with one attached hydrogen (secondary N) is 1. The molecule has 1 aliphatic rings. The molecule has 1 aromatic rings. The van der Waals surface area contributed by atoms with Gasteiger partial charge in [0.15, 0.2) is 0 Å². The Morgan fingerprint density at radius 3 is 2.86 bits per heavy atom. The van der Waals surface area contributed by atoms with Crippen molar-refractivity contribution in [1.29, 1.82) is 0 Å². The van der Waals surface area contributed by atoms with Gasteiger partial charge < -0.3 is 5.32 Å². The van der Waals surface area contributed by atoms with Crippen LogP contribution < -0.4 is 5.32 Å². The molecule has 0 bridgehead atoms. The Kier molecular flexibility index (Phi) is 2.31. The topological polar surface area (TPSA) is 42.7 Å². The molecule has 0 spiro atoms. The predicted octanol–water partition coefficient (Wildman–Crippen LogP) is 1.23. The van der Waals surface area contributed by atoms with Crippen molar-refractivity contribution >= 4 is 0 Å². The molecule has 1 N–H and O–H groups in total. The fourth-order valence-corrected chi connectivity index (χ4v) is 2.62. The zero-order chi connectivity index (χ0) is 10.2.